The summed E-state index contributed by atoms with van der Waals surface area (Å²) in [5, 5.41) is 0. The van der Waals surface area contributed by atoms with Crippen LogP contribution in [0.1, 0.15) is 12.0 Å². The molecule has 2 heterocycles. The van der Waals surface area contributed by atoms with Crippen LogP contribution in [-0.4, -0.2) is 30.0 Å². The third-order valence-corrected chi connectivity index (χ3v) is 2.63. The molecule has 2 N–H and O–H groups in total. The van der Waals surface area contributed by atoms with Gasteiger partial charge in [-0.15, -0.1) is 0 Å². The molecule has 0 unspecified atom stereocenters. The van der Waals surface area contributed by atoms with Crippen molar-refractivity contribution in [2.45, 2.75) is 6.42 Å². The lowest BCUT2D eigenvalue weighted by Gasteiger charge is -2.22. The molecular formula is C11H14FN3. The lowest BCUT2D eigenvalue weighted by molar-refractivity contribution is 0.369. The van der Waals surface area contributed by atoms with E-state index in [1.165, 1.54) is 12.3 Å². The van der Waals surface area contributed by atoms with Crippen LogP contribution < -0.4 is 5.73 Å². The first-order chi connectivity index (χ1) is 7.16. The van der Waals surface area contributed by atoms with Crippen molar-refractivity contribution >= 4 is 11.4 Å². The van der Waals surface area contributed by atoms with Crippen LogP contribution in [0.4, 0.5) is 10.2 Å². The first kappa shape index (κ1) is 10.1. The summed E-state index contributed by atoms with van der Waals surface area (Å²) in [6.45, 7) is 1.81. The summed E-state index contributed by atoms with van der Waals surface area (Å²) < 4.78 is 13.6. The number of likely N-dealkylation sites (N-methyl/N-ethyl adjacent to an activating group) is 1. The van der Waals surface area contributed by atoms with Crippen molar-refractivity contribution < 1.29 is 4.39 Å². The molecule has 0 radical (unpaired) electrons. The van der Waals surface area contributed by atoms with Gasteiger partial charge in [0, 0.05) is 30.9 Å². The van der Waals surface area contributed by atoms with Crippen molar-refractivity contribution in [2.24, 2.45) is 0 Å². The topological polar surface area (TPSA) is 42.2 Å². The third-order valence-electron chi connectivity index (χ3n) is 2.63. The molecule has 0 saturated heterocycles. The second-order valence-electron chi connectivity index (χ2n) is 3.83. The van der Waals surface area contributed by atoms with Crippen LogP contribution in [0.5, 0.6) is 0 Å². The van der Waals surface area contributed by atoms with E-state index >= 15 is 0 Å². The average molecular weight is 207 g/mol. The fourth-order valence-electron chi connectivity index (χ4n) is 1.70. The number of nitrogens with zero attached hydrogens (tertiary/aromatic N) is 2. The molecule has 0 aliphatic carbocycles. The molecule has 15 heavy (non-hydrogen) atoms. The zero-order chi connectivity index (χ0) is 10.8. The molecule has 0 aromatic carbocycles. The number of aromatic nitrogens is 1. The van der Waals surface area contributed by atoms with Gasteiger partial charge in [-0.3, -0.25) is 0 Å². The molecule has 0 saturated carbocycles. The SMILES string of the molecule is CN1CC=C(c2cnc(N)cc2F)CC1. The van der Waals surface area contributed by atoms with Crippen molar-refractivity contribution in [3.05, 3.63) is 29.7 Å². The molecule has 1 aliphatic heterocycles. The van der Waals surface area contributed by atoms with Gasteiger partial charge in [0.1, 0.15) is 11.6 Å². The van der Waals surface area contributed by atoms with Crippen molar-refractivity contribution in [3.63, 3.8) is 0 Å². The molecule has 2 rings (SSSR count). The highest BCUT2D eigenvalue weighted by molar-refractivity contribution is 5.67. The Morgan fingerprint density at radius 2 is 2.33 bits per heavy atom. The Morgan fingerprint density at radius 1 is 1.53 bits per heavy atom. The van der Waals surface area contributed by atoms with Gasteiger partial charge in [-0.05, 0) is 19.0 Å². The second-order valence-corrected chi connectivity index (χ2v) is 3.83. The molecule has 1 aliphatic rings. The van der Waals surface area contributed by atoms with Crippen LogP contribution in [0.15, 0.2) is 18.3 Å². The molecule has 80 valence electrons. The summed E-state index contributed by atoms with van der Waals surface area (Å²) in [4.78, 5) is 6.10. The Balaban J connectivity index is 2.30. The summed E-state index contributed by atoms with van der Waals surface area (Å²) in [5.74, 6) is -0.0527. The predicted octanol–water partition coefficient (Wildman–Crippen LogP) is 1.52. The number of hydrogen-bond acceptors (Lipinski definition) is 3. The van der Waals surface area contributed by atoms with Crippen molar-refractivity contribution in [1.82, 2.24) is 9.88 Å². The van der Waals surface area contributed by atoms with Gasteiger partial charge in [0.25, 0.3) is 0 Å². The number of halogens is 1. The van der Waals surface area contributed by atoms with Gasteiger partial charge in [-0.1, -0.05) is 6.08 Å². The van der Waals surface area contributed by atoms with Gasteiger partial charge in [-0.2, -0.15) is 0 Å². The molecule has 1 aromatic heterocycles. The molecule has 0 fully saturated rings. The van der Waals surface area contributed by atoms with Crippen LogP contribution in [-0.2, 0) is 0 Å². The van der Waals surface area contributed by atoms with Crippen LogP contribution in [0.3, 0.4) is 0 Å². The monoisotopic (exact) mass is 207 g/mol. The van der Waals surface area contributed by atoms with Crippen LogP contribution >= 0.6 is 0 Å². The standard InChI is InChI=1S/C11H14FN3/c1-15-4-2-8(3-5-15)9-7-14-11(13)6-10(9)12/h2,6-7H,3-5H2,1H3,(H2,13,14). The zero-order valence-electron chi connectivity index (χ0n) is 8.70. The lowest BCUT2D eigenvalue weighted by atomic mass is 10.0. The van der Waals surface area contributed by atoms with E-state index in [0.717, 1.165) is 25.1 Å². The van der Waals surface area contributed by atoms with Crippen molar-refractivity contribution in [1.29, 1.82) is 0 Å². The summed E-state index contributed by atoms with van der Waals surface area (Å²) >= 11 is 0. The average Bonchev–Trinajstić information content (AvgIpc) is 2.20. The van der Waals surface area contributed by atoms with Crippen LogP contribution in [0.2, 0.25) is 0 Å². The number of anilines is 1. The Kier molecular flexibility index (Phi) is 2.68. The largest absolute Gasteiger partial charge is 0.384 e. The zero-order valence-corrected chi connectivity index (χ0v) is 8.70. The van der Waals surface area contributed by atoms with E-state index in [1.54, 1.807) is 0 Å². The number of nitrogen functional groups attached to an aromatic ring is 1. The second kappa shape index (κ2) is 3.98. The van der Waals surface area contributed by atoms with Gasteiger partial charge in [0.2, 0.25) is 0 Å². The molecule has 0 atom stereocenters. The van der Waals surface area contributed by atoms with E-state index in [1.807, 2.05) is 13.1 Å². The molecule has 0 spiro atoms. The van der Waals surface area contributed by atoms with Crippen LogP contribution in [0, 0.1) is 5.82 Å². The molecule has 0 amide bonds. The van der Waals surface area contributed by atoms with Gasteiger partial charge in [0.15, 0.2) is 0 Å². The Hall–Kier alpha value is -1.42. The maximum absolute atomic E-state index is 13.6. The number of hydrogen-bond donors (Lipinski definition) is 1. The fourth-order valence-corrected chi connectivity index (χ4v) is 1.70. The van der Waals surface area contributed by atoms with Gasteiger partial charge in [-0.25, -0.2) is 9.37 Å². The minimum absolute atomic E-state index is 0.227. The van der Waals surface area contributed by atoms with E-state index in [2.05, 4.69) is 9.88 Å². The van der Waals surface area contributed by atoms with Gasteiger partial charge < -0.3 is 10.6 Å². The molecule has 1 aromatic rings. The van der Waals surface area contributed by atoms with Gasteiger partial charge >= 0.3 is 0 Å². The molecule has 0 bridgehead atoms. The van der Waals surface area contributed by atoms with Gasteiger partial charge in [0.05, 0.1) is 0 Å². The van der Waals surface area contributed by atoms with E-state index in [-0.39, 0.29) is 11.6 Å². The number of nitrogens with two attached hydrogens (primary N) is 1. The summed E-state index contributed by atoms with van der Waals surface area (Å²) in [6, 6.07) is 1.27. The predicted molar refractivity (Wildman–Crippen MR) is 58.7 cm³/mol. The first-order valence-corrected chi connectivity index (χ1v) is 4.96. The van der Waals surface area contributed by atoms with Crippen molar-refractivity contribution in [3.8, 4) is 0 Å². The molecular weight excluding hydrogens is 193 g/mol. The third kappa shape index (κ3) is 2.15. The summed E-state index contributed by atoms with van der Waals surface area (Å²) in [6.07, 6.45) is 4.42. The van der Waals surface area contributed by atoms with E-state index in [0.29, 0.717) is 5.56 Å². The van der Waals surface area contributed by atoms with E-state index in [4.69, 9.17) is 5.73 Å². The normalized spacial score (nSPS) is 17.6. The Bertz CT molecular complexity index is 401. The quantitative estimate of drug-likeness (QED) is 0.759. The lowest BCUT2D eigenvalue weighted by Crippen LogP contribution is -2.23. The molecule has 4 heteroatoms. The van der Waals surface area contributed by atoms with Crippen molar-refractivity contribution in [2.75, 3.05) is 25.9 Å². The van der Waals surface area contributed by atoms with E-state index < -0.39 is 0 Å². The summed E-state index contributed by atoms with van der Waals surface area (Å²) in [5.41, 5.74) is 7.01. The Labute approximate surface area is 88.4 Å². The fraction of sp³-hybridized carbons (Fsp3) is 0.364. The number of rotatable bonds is 1. The highest BCUT2D eigenvalue weighted by Crippen LogP contribution is 2.24. The highest BCUT2D eigenvalue weighted by Gasteiger charge is 2.13. The number of pyridine rings is 1. The summed E-state index contributed by atoms with van der Waals surface area (Å²) in [7, 11) is 2.05. The van der Waals surface area contributed by atoms with Crippen LogP contribution in [0.25, 0.3) is 5.57 Å². The Morgan fingerprint density at radius 3 is 2.93 bits per heavy atom. The maximum Gasteiger partial charge on any atom is 0.135 e. The minimum Gasteiger partial charge on any atom is -0.384 e. The highest BCUT2D eigenvalue weighted by atomic mass is 19.1. The minimum atomic E-state index is -0.279. The molecule has 3 nitrogen and oxygen atoms in total. The van der Waals surface area contributed by atoms with E-state index in [9.17, 15) is 4.39 Å². The first-order valence-electron chi connectivity index (χ1n) is 4.96. The maximum atomic E-state index is 13.6. The smallest absolute Gasteiger partial charge is 0.135 e.